The lowest BCUT2D eigenvalue weighted by Crippen LogP contribution is -2.54. The predicted octanol–water partition coefficient (Wildman–Crippen LogP) is 1.07. The normalized spacial score (nSPS) is 26.8. The van der Waals surface area contributed by atoms with Gasteiger partial charge in [0, 0.05) is 37.5 Å². The number of piperazine rings is 1. The van der Waals surface area contributed by atoms with Gasteiger partial charge in [-0.25, -0.2) is 4.79 Å². The summed E-state index contributed by atoms with van der Waals surface area (Å²) < 4.78 is 0. The number of hydrogen-bond donors (Lipinski definition) is 2. The third-order valence-electron chi connectivity index (χ3n) is 4.16. The first kappa shape index (κ1) is 16.4. The third kappa shape index (κ3) is 4.78. The number of nitrogens with one attached hydrogen (secondary N) is 1. The number of carboxylic acids is 1. The molecule has 1 heterocycles. The van der Waals surface area contributed by atoms with Crippen molar-refractivity contribution in [2.75, 3.05) is 38.5 Å². The zero-order chi connectivity index (χ0) is 15.2. The highest BCUT2D eigenvalue weighted by molar-refractivity contribution is 7.99. The van der Waals surface area contributed by atoms with Crippen LogP contribution in [0.2, 0.25) is 0 Å². The van der Waals surface area contributed by atoms with Gasteiger partial charge in [-0.3, -0.25) is 9.69 Å². The molecule has 0 spiro atoms. The summed E-state index contributed by atoms with van der Waals surface area (Å²) >= 11 is 1.94. The van der Waals surface area contributed by atoms with Crippen LogP contribution in [0.4, 0.5) is 4.79 Å². The smallest absolute Gasteiger partial charge is 0.317 e. The summed E-state index contributed by atoms with van der Waals surface area (Å²) in [7, 11) is 0. The fourth-order valence-electron chi connectivity index (χ4n) is 3.05. The Hall–Kier alpha value is -0.950. The van der Waals surface area contributed by atoms with Crippen LogP contribution in [0.3, 0.4) is 0 Å². The van der Waals surface area contributed by atoms with Gasteiger partial charge < -0.3 is 15.3 Å². The number of carbonyl (C=O) groups excluding carboxylic acids is 1. The molecule has 1 aliphatic heterocycles. The van der Waals surface area contributed by atoms with Gasteiger partial charge in [-0.15, -0.1) is 0 Å². The lowest BCUT2D eigenvalue weighted by atomic mass is 10.2. The van der Waals surface area contributed by atoms with Crippen LogP contribution in [0.25, 0.3) is 0 Å². The highest BCUT2D eigenvalue weighted by atomic mass is 32.2. The molecule has 0 aromatic heterocycles. The molecule has 0 radical (unpaired) electrons. The van der Waals surface area contributed by atoms with Crippen molar-refractivity contribution in [2.24, 2.45) is 0 Å². The molecular formula is C14H25N3O3S. The Morgan fingerprint density at radius 3 is 2.57 bits per heavy atom. The third-order valence-corrected chi connectivity index (χ3v) is 5.49. The second-order valence-electron chi connectivity index (χ2n) is 5.64. The summed E-state index contributed by atoms with van der Waals surface area (Å²) in [6.45, 7) is 4.71. The van der Waals surface area contributed by atoms with Crippen LogP contribution < -0.4 is 5.32 Å². The summed E-state index contributed by atoms with van der Waals surface area (Å²) in [5.74, 6) is 0.281. The van der Waals surface area contributed by atoms with Crippen LogP contribution in [0.5, 0.6) is 0 Å². The van der Waals surface area contributed by atoms with E-state index in [1.165, 1.54) is 12.8 Å². The van der Waals surface area contributed by atoms with E-state index in [0.717, 1.165) is 12.2 Å². The number of rotatable bonds is 5. The van der Waals surface area contributed by atoms with Gasteiger partial charge in [-0.2, -0.15) is 11.8 Å². The maximum absolute atomic E-state index is 12.3. The van der Waals surface area contributed by atoms with Gasteiger partial charge in [0.2, 0.25) is 0 Å². The summed E-state index contributed by atoms with van der Waals surface area (Å²) in [6.07, 6.45) is 3.45. The molecule has 2 aliphatic rings. The maximum atomic E-state index is 12.3. The molecule has 2 atom stereocenters. The quantitative estimate of drug-likeness (QED) is 0.794. The van der Waals surface area contributed by atoms with Gasteiger partial charge in [0.1, 0.15) is 0 Å². The van der Waals surface area contributed by atoms with Gasteiger partial charge >= 0.3 is 12.0 Å². The molecule has 120 valence electrons. The first-order valence-corrected chi connectivity index (χ1v) is 8.76. The summed E-state index contributed by atoms with van der Waals surface area (Å²) in [5.41, 5.74) is 0. The van der Waals surface area contributed by atoms with E-state index in [9.17, 15) is 9.59 Å². The molecule has 1 aliphatic carbocycles. The minimum Gasteiger partial charge on any atom is -0.480 e. The number of thioether (sulfide) groups is 1. The van der Waals surface area contributed by atoms with Crippen molar-refractivity contribution in [3.05, 3.63) is 0 Å². The van der Waals surface area contributed by atoms with E-state index in [1.807, 2.05) is 21.6 Å². The Kier molecular flexibility index (Phi) is 6.17. The molecule has 2 N–H and O–H groups in total. The van der Waals surface area contributed by atoms with E-state index in [4.69, 9.17) is 5.11 Å². The Balaban J connectivity index is 1.75. The zero-order valence-electron chi connectivity index (χ0n) is 12.6. The molecule has 2 unspecified atom stereocenters. The number of urea groups is 1. The van der Waals surface area contributed by atoms with Crippen molar-refractivity contribution < 1.29 is 14.7 Å². The van der Waals surface area contributed by atoms with E-state index in [2.05, 4.69) is 12.2 Å². The van der Waals surface area contributed by atoms with Gasteiger partial charge in [0.15, 0.2) is 0 Å². The molecule has 0 aromatic carbocycles. The number of aliphatic carboxylic acids is 1. The standard InChI is InChI=1S/C14H25N3O3S/c1-2-21-12-5-3-4-11(12)15-14(20)17-8-6-16(7-9-17)10-13(18)19/h11-12H,2-10H2,1H3,(H,15,20)(H,18,19). The molecule has 6 nitrogen and oxygen atoms in total. The van der Waals surface area contributed by atoms with Gasteiger partial charge in [0.05, 0.1) is 6.54 Å². The van der Waals surface area contributed by atoms with E-state index in [-0.39, 0.29) is 12.6 Å². The lowest BCUT2D eigenvalue weighted by molar-refractivity contribution is -0.138. The minimum absolute atomic E-state index is 0.0126. The number of carbonyl (C=O) groups is 2. The molecule has 7 heteroatoms. The van der Waals surface area contributed by atoms with Crippen molar-refractivity contribution in [3.63, 3.8) is 0 Å². The molecule has 2 fully saturated rings. The molecule has 21 heavy (non-hydrogen) atoms. The first-order chi connectivity index (χ1) is 10.1. The predicted molar refractivity (Wildman–Crippen MR) is 83.7 cm³/mol. The second-order valence-corrected chi connectivity index (χ2v) is 7.15. The Morgan fingerprint density at radius 2 is 1.95 bits per heavy atom. The van der Waals surface area contributed by atoms with Gasteiger partial charge in [-0.1, -0.05) is 13.3 Å². The zero-order valence-corrected chi connectivity index (χ0v) is 13.4. The van der Waals surface area contributed by atoms with Gasteiger partial charge in [-0.05, 0) is 18.6 Å². The van der Waals surface area contributed by atoms with E-state index < -0.39 is 5.97 Å². The van der Waals surface area contributed by atoms with Crippen LogP contribution in [0, 0.1) is 0 Å². The number of hydrogen-bond acceptors (Lipinski definition) is 4. The highest BCUT2D eigenvalue weighted by Gasteiger charge is 2.30. The lowest BCUT2D eigenvalue weighted by Gasteiger charge is -2.35. The average Bonchev–Trinajstić information content (AvgIpc) is 2.86. The van der Waals surface area contributed by atoms with Crippen molar-refractivity contribution in [1.29, 1.82) is 0 Å². The molecule has 2 rings (SSSR count). The molecule has 2 amide bonds. The fourth-order valence-corrected chi connectivity index (χ4v) is 4.25. The first-order valence-electron chi connectivity index (χ1n) is 7.71. The highest BCUT2D eigenvalue weighted by Crippen LogP contribution is 2.29. The summed E-state index contributed by atoms with van der Waals surface area (Å²) in [6, 6.07) is 0.304. The molecular weight excluding hydrogens is 290 g/mol. The molecule has 1 saturated carbocycles. The van der Waals surface area contributed by atoms with E-state index in [0.29, 0.717) is 37.5 Å². The van der Waals surface area contributed by atoms with Crippen LogP contribution in [0.15, 0.2) is 0 Å². The van der Waals surface area contributed by atoms with Crippen molar-refractivity contribution in [3.8, 4) is 0 Å². The monoisotopic (exact) mass is 315 g/mol. The van der Waals surface area contributed by atoms with Crippen molar-refractivity contribution >= 4 is 23.8 Å². The maximum Gasteiger partial charge on any atom is 0.317 e. The SMILES string of the molecule is CCSC1CCCC1NC(=O)N1CCN(CC(=O)O)CC1. The Labute approximate surface area is 130 Å². The van der Waals surface area contributed by atoms with Crippen LogP contribution in [0.1, 0.15) is 26.2 Å². The van der Waals surface area contributed by atoms with Crippen LogP contribution >= 0.6 is 11.8 Å². The minimum atomic E-state index is -0.807. The van der Waals surface area contributed by atoms with E-state index >= 15 is 0 Å². The largest absolute Gasteiger partial charge is 0.480 e. The average molecular weight is 315 g/mol. The van der Waals surface area contributed by atoms with Gasteiger partial charge in [0.25, 0.3) is 0 Å². The van der Waals surface area contributed by atoms with Crippen LogP contribution in [-0.2, 0) is 4.79 Å². The number of carboxylic acid groups (broad SMARTS) is 1. The van der Waals surface area contributed by atoms with Crippen molar-refractivity contribution in [2.45, 2.75) is 37.5 Å². The van der Waals surface area contributed by atoms with E-state index in [1.54, 1.807) is 0 Å². The number of nitrogens with zero attached hydrogens (tertiary/aromatic N) is 2. The summed E-state index contributed by atoms with van der Waals surface area (Å²) in [4.78, 5) is 26.7. The topological polar surface area (TPSA) is 72.9 Å². The number of amides is 2. The Bertz CT molecular complexity index is 372. The fraction of sp³-hybridized carbons (Fsp3) is 0.857. The molecule has 1 saturated heterocycles. The molecule has 0 aromatic rings. The Morgan fingerprint density at radius 1 is 1.24 bits per heavy atom. The van der Waals surface area contributed by atoms with Crippen molar-refractivity contribution in [1.82, 2.24) is 15.1 Å². The van der Waals surface area contributed by atoms with Crippen LogP contribution in [-0.4, -0.2) is 76.7 Å². The molecule has 0 bridgehead atoms. The second kappa shape index (κ2) is 7.89. The summed E-state index contributed by atoms with van der Waals surface area (Å²) in [5, 5.41) is 12.5.